The van der Waals surface area contributed by atoms with Crippen molar-refractivity contribution in [3.8, 4) is 11.5 Å². The second-order valence-electron chi connectivity index (χ2n) is 7.07. The van der Waals surface area contributed by atoms with Gasteiger partial charge in [0.15, 0.2) is 17.3 Å². The van der Waals surface area contributed by atoms with Gasteiger partial charge in [-0.2, -0.15) is 0 Å². The Labute approximate surface area is 177 Å². The quantitative estimate of drug-likeness (QED) is 0.602. The zero-order chi connectivity index (χ0) is 20.4. The fourth-order valence-electron chi connectivity index (χ4n) is 3.68. The molecule has 3 aromatic rings. The molecule has 1 fully saturated rings. The molecule has 1 aliphatic rings. The summed E-state index contributed by atoms with van der Waals surface area (Å²) in [6.07, 6.45) is 9.91. The maximum atomic E-state index is 12.5. The van der Waals surface area contributed by atoms with E-state index in [1.807, 2.05) is 6.20 Å². The van der Waals surface area contributed by atoms with Gasteiger partial charge in [0, 0.05) is 23.1 Å². The number of nitrogens with one attached hydrogen (secondary N) is 1. The van der Waals surface area contributed by atoms with Gasteiger partial charge in [0.25, 0.3) is 5.56 Å². The van der Waals surface area contributed by atoms with Crippen molar-refractivity contribution in [2.45, 2.75) is 38.0 Å². The van der Waals surface area contributed by atoms with Crippen molar-refractivity contribution in [3.63, 3.8) is 0 Å². The van der Waals surface area contributed by atoms with Gasteiger partial charge in [-0.3, -0.25) is 4.79 Å². The molecular weight excluding hydrogens is 410 g/mol. The number of rotatable bonds is 5. The van der Waals surface area contributed by atoms with Gasteiger partial charge < -0.3 is 14.5 Å². The van der Waals surface area contributed by atoms with Crippen molar-refractivity contribution < 1.29 is 9.47 Å². The molecule has 0 saturated heterocycles. The lowest BCUT2D eigenvalue weighted by Gasteiger charge is -2.18. The lowest BCUT2D eigenvalue weighted by molar-refractivity contribution is 0.355. The van der Waals surface area contributed by atoms with E-state index >= 15 is 0 Å². The third kappa shape index (κ3) is 4.16. The summed E-state index contributed by atoms with van der Waals surface area (Å²) in [5.74, 6) is 1.84. The van der Waals surface area contributed by atoms with Gasteiger partial charge >= 0.3 is 0 Å². The summed E-state index contributed by atoms with van der Waals surface area (Å²) < 4.78 is 10.6. The van der Waals surface area contributed by atoms with E-state index in [-0.39, 0.29) is 5.56 Å². The summed E-state index contributed by atoms with van der Waals surface area (Å²) in [5, 5.41) is 1.93. The number of halogens is 1. The van der Waals surface area contributed by atoms with E-state index in [9.17, 15) is 4.79 Å². The number of ether oxygens (including phenoxy) is 2. The van der Waals surface area contributed by atoms with E-state index in [1.54, 1.807) is 36.7 Å². The zero-order valence-corrected chi connectivity index (χ0v) is 17.9. The Morgan fingerprint density at radius 2 is 1.93 bits per heavy atom. The van der Waals surface area contributed by atoms with Crippen LogP contribution in [0.5, 0.6) is 11.5 Å². The van der Waals surface area contributed by atoms with Crippen LogP contribution in [0.4, 0.5) is 0 Å². The summed E-state index contributed by atoms with van der Waals surface area (Å²) in [6, 6.07) is 3.28. The first kappa shape index (κ1) is 19.9. The van der Waals surface area contributed by atoms with Crippen LogP contribution in [0.1, 0.15) is 53.7 Å². The molecule has 1 saturated carbocycles. The molecule has 152 valence electrons. The number of fused-ring (bicyclic) bond motifs is 1. The minimum atomic E-state index is -0.287. The van der Waals surface area contributed by atoms with E-state index in [1.165, 1.54) is 39.2 Å². The van der Waals surface area contributed by atoms with Gasteiger partial charge in [-0.25, -0.2) is 9.97 Å². The van der Waals surface area contributed by atoms with Gasteiger partial charge in [-0.1, -0.05) is 30.9 Å². The van der Waals surface area contributed by atoms with Crippen molar-refractivity contribution in [1.82, 2.24) is 15.0 Å². The number of aromatic nitrogens is 3. The first-order chi connectivity index (χ1) is 14.1. The Morgan fingerprint density at radius 3 is 2.66 bits per heavy atom. The summed E-state index contributed by atoms with van der Waals surface area (Å²) in [4.78, 5) is 25.3. The van der Waals surface area contributed by atoms with Gasteiger partial charge in [-0.15, -0.1) is 11.3 Å². The second kappa shape index (κ2) is 8.55. The Bertz CT molecular complexity index is 1120. The van der Waals surface area contributed by atoms with Crippen LogP contribution in [0.2, 0.25) is 0 Å². The highest BCUT2D eigenvalue weighted by molar-refractivity contribution is 7.12. The minimum Gasteiger partial charge on any atom is -0.493 e. The summed E-state index contributed by atoms with van der Waals surface area (Å²) in [7, 11) is 3.06. The molecule has 0 radical (unpaired) electrons. The van der Waals surface area contributed by atoms with Gasteiger partial charge in [0.1, 0.15) is 0 Å². The third-order valence-corrected chi connectivity index (χ3v) is 6.60. The topological polar surface area (TPSA) is 77.1 Å². The number of aromatic amines is 1. The van der Waals surface area contributed by atoms with Crippen molar-refractivity contribution in [3.05, 3.63) is 44.4 Å². The van der Waals surface area contributed by atoms with Crippen molar-refractivity contribution in [1.29, 1.82) is 0 Å². The first-order valence-corrected chi connectivity index (χ1v) is 10.8. The predicted octanol–water partition coefficient (Wildman–Crippen LogP) is 5.18. The molecule has 0 bridgehead atoms. The van der Waals surface area contributed by atoms with Gasteiger partial charge in [0.2, 0.25) is 0 Å². The predicted molar refractivity (Wildman–Crippen MR) is 117 cm³/mol. The van der Waals surface area contributed by atoms with E-state index in [2.05, 4.69) is 15.0 Å². The molecule has 2 heterocycles. The van der Waals surface area contributed by atoms with Gasteiger partial charge in [0.05, 0.1) is 35.2 Å². The summed E-state index contributed by atoms with van der Waals surface area (Å²) in [6.45, 7) is 0. The maximum Gasteiger partial charge on any atom is 0.259 e. The molecule has 6 nitrogen and oxygen atoms in total. The molecule has 0 aliphatic heterocycles. The number of nitrogens with zero attached hydrogens (tertiary/aromatic N) is 2. The Balaban J connectivity index is 1.66. The van der Waals surface area contributed by atoms with Crippen LogP contribution in [0.15, 0.2) is 23.1 Å². The number of thiazole rings is 1. The van der Waals surface area contributed by atoms with E-state index in [0.717, 1.165) is 9.88 Å². The van der Waals surface area contributed by atoms with Gasteiger partial charge in [-0.05, 0) is 25.0 Å². The SMILES string of the molecule is COc1cc2nc(/C(Cl)=C/c3cnc(C4CCCCC4)s3)[nH]c(=O)c2cc1OC. The average Bonchev–Trinajstić information content (AvgIpc) is 3.21. The fourth-order valence-corrected chi connectivity index (χ4v) is 4.98. The fraction of sp³-hybridized carbons (Fsp3) is 0.381. The Kier molecular flexibility index (Phi) is 5.87. The first-order valence-electron chi connectivity index (χ1n) is 9.58. The standard InChI is InChI=1S/C21H22ClN3O3S/c1-27-17-9-14-16(10-18(17)28-2)24-19(25-20(14)26)15(22)8-13-11-23-21(29-13)12-6-4-3-5-7-12/h8-12H,3-7H2,1-2H3,(H,24,25,26)/b15-8-. The lowest BCUT2D eigenvalue weighted by Crippen LogP contribution is -2.11. The van der Waals surface area contributed by atoms with E-state index < -0.39 is 0 Å². The summed E-state index contributed by atoms with van der Waals surface area (Å²) in [5.41, 5.74) is 0.199. The molecule has 0 spiro atoms. The molecule has 4 rings (SSSR count). The number of hydrogen-bond acceptors (Lipinski definition) is 6. The normalized spacial score (nSPS) is 15.6. The molecule has 29 heavy (non-hydrogen) atoms. The monoisotopic (exact) mass is 431 g/mol. The van der Waals surface area contributed by atoms with Crippen molar-refractivity contribution in [2.24, 2.45) is 0 Å². The summed E-state index contributed by atoms with van der Waals surface area (Å²) >= 11 is 8.14. The number of methoxy groups -OCH3 is 2. The Hall–Kier alpha value is -2.38. The highest BCUT2D eigenvalue weighted by Gasteiger charge is 2.19. The number of benzene rings is 1. The highest BCUT2D eigenvalue weighted by Crippen LogP contribution is 2.36. The molecule has 0 unspecified atom stereocenters. The van der Waals surface area contributed by atoms with Crippen LogP contribution in [0, 0.1) is 0 Å². The molecule has 1 N–H and O–H groups in total. The van der Waals surface area contributed by atoms with Crippen LogP contribution in [-0.4, -0.2) is 29.2 Å². The minimum absolute atomic E-state index is 0.287. The lowest BCUT2D eigenvalue weighted by atomic mass is 9.90. The molecule has 0 atom stereocenters. The molecule has 1 aromatic carbocycles. The maximum absolute atomic E-state index is 12.5. The van der Waals surface area contributed by atoms with Crippen LogP contribution in [-0.2, 0) is 0 Å². The number of hydrogen-bond donors (Lipinski definition) is 1. The molecule has 1 aliphatic carbocycles. The molecular formula is C21H22ClN3O3S. The van der Waals surface area contributed by atoms with Crippen LogP contribution < -0.4 is 15.0 Å². The smallest absolute Gasteiger partial charge is 0.259 e. The number of H-pyrrole nitrogens is 1. The molecule has 8 heteroatoms. The van der Waals surface area contributed by atoms with Crippen LogP contribution in [0.3, 0.4) is 0 Å². The Morgan fingerprint density at radius 1 is 1.21 bits per heavy atom. The van der Waals surface area contributed by atoms with Crippen molar-refractivity contribution >= 4 is 44.9 Å². The van der Waals surface area contributed by atoms with Crippen molar-refractivity contribution in [2.75, 3.05) is 14.2 Å². The molecule has 0 amide bonds. The largest absolute Gasteiger partial charge is 0.493 e. The van der Waals surface area contributed by atoms with Crippen LogP contribution in [0.25, 0.3) is 22.0 Å². The second-order valence-corrected chi connectivity index (χ2v) is 8.57. The van der Waals surface area contributed by atoms with E-state index in [0.29, 0.717) is 39.2 Å². The average molecular weight is 432 g/mol. The molecule has 2 aromatic heterocycles. The van der Waals surface area contributed by atoms with Crippen LogP contribution >= 0.6 is 22.9 Å². The van der Waals surface area contributed by atoms with E-state index in [4.69, 9.17) is 21.1 Å². The zero-order valence-electron chi connectivity index (χ0n) is 16.3. The third-order valence-electron chi connectivity index (χ3n) is 5.20. The highest BCUT2D eigenvalue weighted by atomic mass is 35.5.